The summed E-state index contributed by atoms with van der Waals surface area (Å²) in [5, 5.41) is 3.97. The fourth-order valence-electron chi connectivity index (χ4n) is 4.59. The third-order valence-corrected chi connectivity index (χ3v) is 6.44. The average Bonchev–Trinajstić information content (AvgIpc) is 3.17. The number of anilines is 1. The van der Waals surface area contributed by atoms with Crippen LogP contribution in [0.1, 0.15) is 35.7 Å². The van der Waals surface area contributed by atoms with Gasteiger partial charge in [-0.25, -0.2) is 4.98 Å². The fraction of sp³-hybridized carbons (Fsp3) is 0.429. The van der Waals surface area contributed by atoms with Gasteiger partial charge < -0.3 is 19.7 Å². The lowest BCUT2D eigenvalue weighted by Crippen LogP contribution is -2.67. The van der Waals surface area contributed by atoms with Crippen molar-refractivity contribution in [3.8, 4) is 11.5 Å². The lowest BCUT2D eigenvalue weighted by Gasteiger charge is -2.52. The minimum absolute atomic E-state index is 0.0370. The summed E-state index contributed by atoms with van der Waals surface area (Å²) < 4.78 is 10.9. The summed E-state index contributed by atoms with van der Waals surface area (Å²) in [7, 11) is 0. The molecule has 1 N–H and O–H groups in total. The van der Waals surface area contributed by atoms with Gasteiger partial charge in [-0.15, -0.1) is 0 Å². The van der Waals surface area contributed by atoms with Crippen molar-refractivity contribution in [2.45, 2.75) is 32.0 Å². The van der Waals surface area contributed by atoms with E-state index in [0.717, 1.165) is 56.2 Å². The van der Waals surface area contributed by atoms with E-state index in [4.69, 9.17) is 21.1 Å². The van der Waals surface area contributed by atoms with E-state index < -0.39 is 0 Å². The zero-order valence-electron chi connectivity index (χ0n) is 16.3. The molecule has 152 valence electrons. The van der Waals surface area contributed by atoms with Crippen molar-refractivity contribution in [2.24, 2.45) is 0 Å². The van der Waals surface area contributed by atoms with Crippen LogP contribution in [-0.2, 0) is 6.54 Å². The second-order valence-electron chi connectivity index (χ2n) is 7.68. The van der Waals surface area contributed by atoms with Crippen LogP contribution in [0.3, 0.4) is 0 Å². The first kappa shape index (κ1) is 18.5. The summed E-state index contributed by atoms with van der Waals surface area (Å²) in [6.45, 7) is 5.58. The maximum absolute atomic E-state index is 12.7. The molecule has 0 atom stereocenters. The van der Waals surface area contributed by atoms with Gasteiger partial charge >= 0.3 is 0 Å². The molecule has 1 amide bonds. The number of rotatable bonds is 3. The highest BCUT2D eigenvalue weighted by Crippen LogP contribution is 2.39. The van der Waals surface area contributed by atoms with Crippen molar-refractivity contribution in [3.63, 3.8) is 0 Å². The van der Waals surface area contributed by atoms with Crippen LogP contribution in [0, 0.1) is 0 Å². The third kappa shape index (κ3) is 3.09. The van der Waals surface area contributed by atoms with Crippen LogP contribution in [-0.4, -0.2) is 47.9 Å². The van der Waals surface area contributed by atoms with E-state index in [1.807, 2.05) is 24.3 Å². The van der Waals surface area contributed by atoms with Crippen molar-refractivity contribution in [3.05, 3.63) is 46.6 Å². The van der Waals surface area contributed by atoms with Crippen molar-refractivity contribution in [2.75, 3.05) is 31.3 Å². The van der Waals surface area contributed by atoms with E-state index in [1.54, 1.807) is 6.20 Å². The van der Waals surface area contributed by atoms with Gasteiger partial charge in [0.2, 0.25) is 6.79 Å². The Morgan fingerprint density at radius 2 is 2.00 bits per heavy atom. The van der Waals surface area contributed by atoms with Gasteiger partial charge in [-0.1, -0.05) is 11.6 Å². The highest BCUT2D eigenvalue weighted by atomic mass is 35.5. The first-order valence-corrected chi connectivity index (χ1v) is 10.3. The minimum atomic E-state index is -0.387. The molecule has 1 aromatic carbocycles. The third-order valence-electron chi connectivity index (χ3n) is 6.08. The molecule has 3 aliphatic rings. The van der Waals surface area contributed by atoms with Crippen molar-refractivity contribution < 1.29 is 14.3 Å². The van der Waals surface area contributed by atoms with E-state index in [1.165, 1.54) is 0 Å². The number of amides is 1. The van der Waals surface area contributed by atoms with E-state index in [0.29, 0.717) is 16.3 Å². The second kappa shape index (κ2) is 7.07. The first-order valence-electron chi connectivity index (χ1n) is 9.95. The number of hydrogen-bond acceptors (Lipinski definition) is 6. The van der Waals surface area contributed by atoms with Crippen molar-refractivity contribution in [1.29, 1.82) is 0 Å². The van der Waals surface area contributed by atoms with E-state index in [9.17, 15) is 4.79 Å². The number of likely N-dealkylation sites (tertiary alicyclic amines) is 1. The van der Waals surface area contributed by atoms with Crippen LogP contribution in [0.5, 0.6) is 11.5 Å². The monoisotopic (exact) mass is 414 g/mol. The molecular formula is C21H23ClN4O3. The van der Waals surface area contributed by atoms with Gasteiger partial charge in [0.1, 0.15) is 11.5 Å². The topological polar surface area (TPSA) is 66.9 Å². The summed E-state index contributed by atoms with van der Waals surface area (Å²) >= 11 is 6.45. The predicted molar refractivity (Wildman–Crippen MR) is 110 cm³/mol. The fourth-order valence-corrected chi connectivity index (χ4v) is 4.80. The Balaban J connectivity index is 1.33. The quantitative estimate of drug-likeness (QED) is 0.832. The lowest BCUT2D eigenvalue weighted by atomic mass is 9.91. The van der Waals surface area contributed by atoms with Crippen LogP contribution >= 0.6 is 11.6 Å². The van der Waals surface area contributed by atoms with E-state index >= 15 is 0 Å². The molecule has 0 unspecified atom stereocenters. The zero-order chi connectivity index (χ0) is 20.0. The Hall–Kier alpha value is -2.51. The number of aromatic nitrogens is 1. The van der Waals surface area contributed by atoms with Crippen molar-refractivity contribution >= 4 is 23.3 Å². The Bertz CT molecular complexity index is 959. The molecule has 7 nitrogen and oxygen atoms in total. The van der Waals surface area contributed by atoms with Crippen molar-refractivity contribution in [1.82, 2.24) is 15.2 Å². The Labute approximate surface area is 174 Å². The molecule has 29 heavy (non-hydrogen) atoms. The Morgan fingerprint density at radius 1 is 1.24 bits per heavy atom. The molecule has 0 radical (unpaired) electrons. The van der Waals surface area contributed by atoms with Gasteiger partial charge in [-0.2, -0.15) is 0 Å². The number of pyridine rings is 1. The highest BCUT2D eigenvalue weighted by molar-refractivity contribution is 6.31. The molecule has 0 aliphatic carbocycles. The number of hydrogen-bond donors (Lipinski definition) is 1. The normalized spacial score (nSPS) is 19.9. The van der Waals surface area contributed by atoms with Gasteiger partial charge in [-0.05, 0) is 30.7 Å². The average molecular weight is 415 g/mol. The molecule has 8 heteroatoms. The SMILES string of the molecule is CCN1c2ncccc2C(=O)NC12CCN(Cc1cc3c(cc1Cl)OCO3)CC2. The smallest absolute Gasteiger partial charge is 0.256 e. The largest absolute Gasteiger partial charge is 0.454 e. The summed E-state index contributed by atoms with van der Waals surface area (Å²) in [6, 6.07) is 7.44. The molecule has 1 saturated heterocycles. The molecule has 0 saturated carbocycles. The molecule has 1 fully saturated rings. The Kier molecular flexibility index (Phi) is 4.52. The van der Waals surface area contributed by atoms with Gasteiger partial charge in [0.25, 0.3) is 5.91 Å². The lowest BCUT2D eigenvalue weighted by molar-refractivity contribution is 0.0762. The van der Waals surface area contributed by atoms with Gasteiger partial charge in [-0.3, -0.25) is 9.69 Å². The summed E-state index contributed by atoms with van der Waals surface area (Å²) in [4.78, 5) is 21.8. The molecule has 0 bridgehead atoms. The predicted octanol–water partition coefficient (Wildman–Crippen LogP) is 3.03. The van der Waals surface area contributed by atoms with Crippen LogP contribution in [0.25, 0.3) is 0 Å². The van der Waals surface area contributed by atoms with Crippen LogP contribution < -0.4 is 19.7 Å². The van der Waals surface area contributed by atoms with Crippen LogP contribution in [0.4, 0.5) is 5.82 Å². The Morgan fingerprint density at radius 3 is 2.76 bits per heavy atom. The molecule has 1 spiro atoms. The molecule has 3 aliphatic heterocycles. The molecular weight excluding hydrogens is 392 g/mol. The van der Waals surface area contributed by atoms with Gasteiger partial charge in [0.05, 0.1) is 5.56 Å². The number of fused-ring (bicyclic) bond motifs is 2. The number of piperidine rings is 1. The van der Waals surface area contributed by atoms with Gasteiger partial charge in [0.15, 0.2) is 11.5 Å². The molecule has 1 aromatic heterocycles. The van der Waals surface area contributed by atoms with Gasteiger partial charge in [0, 0.05) is 56.3 Å². The molecule has 5 rings (SSSR count). The molecule has 4 heterocycles. The summed E-state index contributed by atoms with van der Waals surface area (Å²) in [5.41, 5.74) is 1.29. The number of carbonyl (C=O) groups excluding carboxylic acids is 1. The number of carbonyl (C=O) groups is 1. The zero-order valence-corrected chi connectivity index (χ0v) is 17.0. The number of nitrogens with zero attached hydrogens (tertiary/aromatic N) is 3. The maximum atomic E-state index is 12.7. The first-order chi connectivity index (χ1) is 14.1. The highest BCUT2D eigenvalue weighted by Gasteiger charge is 2.45. The minimum Gasteiger partial charge on any atom is -0.454 e. The second-order valence-corrected chi connectivity index (χ2v) is 8.08. The number of ether oxygens (including phenoxy) is 2. The standard InChI is InChI=1S/C21H23ClN4O3/c1-2-26-19-15(4-3-7-23-19)20(27)24-21(26)5-8-25(9-6-21)12-14-10-17-18(11-16(14)22)29-13-28-17/h3-4,7,10-11H,2,5-6,8-9,12-13H2,1H3,(H,24,27). The summed E-state index contributed by atoms with van der Waals surface area (Å²) in [6.07, 6.45) is 3.40. The van der Waals surface area contributed by atoms with E-state index in [-0.39, 0.29) is 18.4 Å². The maximum Gasteiger partial charge on any atom is 0.256 e. The molecule has 2 aromatic rings. The summed E-state index contributed by atoms with van der Waals surface area (Å²) in [5.74, 6) is 2.19. The number of halogens is 1. The van der Waals surface area contributed by atoms with E-state index in [2.05, 4.69) is 27.0 Å². The van der Waals surface area contributed by atoms with Crippen LogP contribution in [0.2, 0.25) is 5.02 Å². The number of nitrogens with one attached hydrogen (secondary N) is 1. The van der Waals surface area contributed by atoms with Crippen LogP contribution in [0.15, 0.2) is 30.5 Å². The number of benzene rings is 1.